The number of ether oxygens (including phenoxy) is 1. The molecule has 9 nitrogen and oxygen atoms in total. The summed E-state index contributed by atoms with van der Waals surface area (Å²) in [5.74, 6) is 2.37. The van der Waals surface area contributed by atoms with Crippen molar-refractivity contribution in [3.05, 3.63) is 54.7 Å². The molecule has 0 aromatic carbocycles. The lowest BCUT2D eigenvalue weighted by molar-refractivity contribution is -0.576. The molecule has 1 aliphatic heterocycles. The summed E-state index contributed by atoms with van der Waals surface area (Å²) in [5.41, 5.74) is 3.85. The van der Waals surface area contributed by atoms with Crippen LogP contribution in [0.1, 0.15) is 18.5 Å². The van der Waals surface area contributed by atoms with Crippen LogP contribution in [0, 0.1) is 6.92 Å². The van der Waals surface area contributed by atoms with E-state index >= 15 is 0 Å². The summed E-state index contributed by atoms with van der Waals surface area (Å²) in [7, 11) is 1.61. The molecule has 2 N–H and O–H groups in total. The molecule has 0 atom stereocenters. The summed E-state index contributed by atoms with van der Waals surface area (Å²) in [6.07, 6.45) is 7.44. The van der Waals surface area contributed by atoms with E-state index in [2.05, 4.69) is 30.3 Å². The van der Waals surface area contributed by atoms with E-state index in [4.69, 9.17) is 9.72 Å². The van der Waals surface area contributed by atoms with Gasteiger partial charge in [0.1, 0.15) is 18.3 Å². The number of aromatic nitrogens is 6. The quantitative estimate of drug-likeness (QED) is 0.481. The summed E-state index contributed by atoms with van der Waals surface area (Å²) in [4.78, 5) is 20.1. The van der Waals surface area contributed by atoms with Crippen molar-refractivity contribution in [2.45, 2.75) is 25.8 Å². The van der Waals surface area contributed by atoms with Crippen molar-refractivity contribution >= 4 is 17.4 Å². The highest BCUT2D eigenvalue weighted by molar-refractivity contribution is 5.74. The van der Waals surface area contributed by atoms with Gasteiger partial charge in [-0.05, 0) is 38.0 Å². The van der Waals surface area contributed by atoms with Crippen molar-refractivity contribution in [1.82, 2.24) is 25.0 Å². The van der Waals surface area contributed by atoms with Gasteiger partial charge in [0.05, 0.1) is 12.7 Å². The lowest BCUT2D eigenvalue weighted by atomic mass is 10.1. The van der Waals surface area contributed by atoms with Crippen LogP contribution >= 0.6 is 0 Å². The molecule has 0 bridgehead atoms. The minimum atomic E-state index is 0.353. The first-order chi connectivity index (χ1) is 15.2. The number of rotatable bonds is 5. The summed E-state index contributed by atoms with van der Waals surface area (Å²) in [5, 5.41) is 6.91. The summed E-state index contributed by atoms with van der Waals surface area (Å²) >= 11 is 0. The highest BCUT2D eigenvalue weighted by atomic mass is 16.5. The first kappa shape index (κ1) is 19.2. The van der Waals surface area contributed by atoms with Gasteiger partial charge in [-0.1, -0.05) is 0 Å². The number of piperidine rings is 1. The van der Waals surface area contributed by atoms with Gasteiger partial charge >= 0.3 is 11.6 Å². The second kappa shape index (κ2) is 8.17. The van der Waals surface area contributed by atoms with Crippen LogP contribution in [0.25, 0.3) is 16.8 Å². The maximum atomic E-state index is 5.16. The fourth-order valence-corrected chi connectivity index (χ4v) is 3.96. The maximum Gasteiger partial charge on any atom is 0.358 e. The van der Waals surface area contributed by atoms with Gasteiger partial charge in [-0.2, -0.15) is 5.10 Å². The largest absolute Gasteiger partial charge is 0.481 e. The molecule has 0 aliphatic carbocycles. The second-order valence-corrected chi connectivity index (χ2v) is 7.70. The molecule has 0 spiro atoms. The Hall–Kier alpha value is -3.75. The first-order valence-electron chi connectivity index (χ1n) is 10.4. The fraction of sp³-hybridized carbons (Fsp3) is 0.318. The molecule has 4 aromatic rings. The molecule has 0 unspecified atom stereocenters. The topological polar surface area (TPSA) is 96.0 Å². The minimum Gasteiger partial charge on any atom is -0.481 e. The molecule has 0 radical (unpaired) electrons. The van der Waals surface area contributed by atoms with Crippen LogP contribution in [0.15, 0.2) is 49.1 Å². The Morgan fingerprint density at radius 2 is 2.03 bits per heavy atom. The lowest BCUT2D eigenvalue weighted by Crippen LogP contribution is -2.39. The Kier molecular flexibility index (Phi) is 5.07. The van der Waals surface area contributed by atoms with Crippen LogP contribution in [-0.4, -0.2) is 51.3 Å². The molecular weight excluding hydrogens is 392 g/mol. The van der Waals surface area contributed by atoms with E-state index in [0.717, 1.165) is 60.2 Å². The van der Waals surface area contributed by atoms with Crippen molar-refractivity contribution < 1.29 is 9.25 Å². The van der Waals surface area contributed by atoms with Gasteiger partial charge < -0.3 is 15.0 Å². The number of nitrogens with one attached hydrogen (secondary N) is 2. The summed E-state index contributed by atoms with van der Waals surface area (Å²) in [6, 6.07) is 10.3. The number of hydrogen-bond donors (Lipinski definition) is 2. The Balaban J connectivity index is 1.30. The van der Waals surface area contributed by atoms with E-state index in [-0.39, 0.29) is 0 Å². The zero-order valence-corrected chi connectivity index (χ0v) is 17.6. The number of anilines is 2. The third-order valence-corrected chi connectivity index (χ3v) is 5.62. The highest BCUT2D eigenvalue weighted by Gasteiger charge is 2.24. The second-order valence-electron chi connectivity index (χ2n) is 7.70. The van der Waals surface area contributed by atoms with Crippen molar-refractivity contribution in [2.75, 3.05) is 30.4 Å². The van der Waals surface area contributed by atoms with Gasteiger partial charge in [0.25, 0.3) is 0 Å². The van der Waals surface area contributed by atoms with Gasteiger partial charge in [-0.3, -0.25) is 0 Å². The van der Waals surface area contributed by atoms with Gasteiger partial charge in [0.2, 0.25) is 5.88 Å². The molecule has 0 saturated carbocycles. The fourth-order valence-electron chi connectivity index (χ4n) is 3.96. The van der Waals surface area contributed by atoms with Crippen LogP contribution in [0.5, 0.6) is 5.88 Å². The Morgan fingerprint density at radius 3 is 2.77 bits per heavy atom. The van der Waals surface area contributed by atoms with Gasteiger partial charge in [-0.15, -0.1) is 4.52 Å². The lowest BCUT2D eigenvalue weighted by Gasteiger charge is -2.32. The molecule has 5 heterocycles. The standard InChI is InChI=1S/C22H24N8O/c1-15-12-19(25-14-24-15)29-10-7-17(8-11-29)26-22-27-21-18(4-3-9-30(21)28-22)16-5-6-20(31-2)23-13-16/h3-6,9,12-14,17H,7-8,10-11H2,1-2H3,(H,26,28)/p+1. The number of pyridine rings is 2. The van der Waals surface area contributed by atoms with E-state index in [0.29, 0.717) is 11.9 Å². The van der Waals surface area contributed by atoms with Crippen LogP contribution in [0.4, 0.5) is 11.8 Å². The summed E-state index contributed by atoms with van der Waals surface area (Å²) < 4.78 is 7.10. The molecular formula is C22H25N8O+. The Morgan fingerprint density at radius 1 is 1.16 bits per heavy atom. The molecule has 4 aromatic heterocycles. The number of H-pyrrole nitrogens is 1. The van der Waals surface area contributed by atoms with E-state index in [1.54, 1.807) is 19.6 Å². The van der Waals surface area contributed by atoms with Crippen molar-refractivity contribution in [3.63, 3.8) is 0 Å². The number of fused-ring (bicyclic) bond motifs is 1. The normalized spacial score (nSPS) is 14.7. The maximum absolute atomic E-state index is 5.16. The van der Waals surface area contributed by atoms with Crippen LogP contribution in [0.2, 0.25) is 0 Å². The van der Waals surface area contributed by atoms with Crippen LogP contribution in [-0.2, 0) is 0 Å². The van der Waals surface area contributed by atoms with Crippen molar-refractivity contribution in [2.24, 2.45) is 0 Å². The molecule has 31 heavy (non-hydrogen) atoms. The van der Waals surface area contributed by atoms with E-state index < -0.39 is 0 Å². The predicted octanol–water partition coefficient (Wildman–Crippen LogP) is 2.40. The number of hydrogen-bond acceptors (Lipinski definition) is 7. The van der Waals surface area contributed by atoms with Crippen LogP contribution < -0.4 is 19.5 Å². The minimum absolute atomic E-state index is 0.353. The molecule has 1 saturated heterocycles. The first-order valence-corrected chi connectivity index (χ1v) is 10.4. The zero-order valence-electron chi connectivity index (χ0n) is 17.6. The molecule has 5 rings (SSSR count). The molecule has 9 heteroatoms. The third-order valence-electron chi connectivity index (χ3n) is 5.62. The molecule has 1 aliphatic rings. The average Bonchev–Trinajstić information content (AvgIpc) is 3.22. The zero-order chi connectivity index (χ0) is 21.2. The molecule has 158 valence electrons. The number of aromatic amines is 1. The van der Waals surface area contributed by atoms with E-state index in [1.165, 1.54) is 0 Å². The smallest absolute Gasteiger partial charge is 0.358 e. The number of nitrogens with zero attached hydrogens (tertiary/aromatic N) is 6. The average molecular weight is 417 g/mol. The molecule has 1 fully saturated rings. The SMILES string of the molecule is COc1ccc(-c2ccc[n+]3[nH]c(NC4CCN(c5cc(C)ncn5)CC4)nc23)cn1. The van der Waals surface area contributed by atoms with E-state index in [9.17, 15) is 0 Å². The van der Waals surface area contributed by atoms with Crippen molar-refractivity contribution in [1.29, 1.82) is 0 Å². The third kappa shape index (κ3) is 3.98. The van der Waals surface area contributed by atoms with Crippen LogP contribution in [0.3, 0.4) is 0 Å². The van der Waals surface area contributed by atoms with Gasteiger partial charge in [0.15, 0.2) is 0 Å². The monoisotopic (exact) mass is 417 g/mol. The number of aryl methyl sites for hydroxylation is 1. The number of methoxy groups -OCH3 is 1. The molecule has 0 amide bonds. The van der Waals surface area contributed by atoms with E-state index in [1.807, 2.05) is 48.0 Å². The predicted molar refractivity (Wildman–Crippen MR) is 117 cm³/mol. The van der Waals surface area contributed by atoms with Crippen molar-refractivity contribution in [3.8, 4) is 17.0 Å². The van der Waals surface area contributed by atoms with Gasteiger partial charge in [0, 0.05) is 53.7 Å². The van der Waals surface area contributed by atoms with Gasteiger partial charge in [-0.25, -0.2) is 15.0 Å². The highest BCUT2D eigenvalue weighted by Crippen LogP contribution is 2.24. The summed E-state index contributed by atoms with van der Waals surface area (Å²) in [6.45, 7) is 3.89. The Labute approximate surface area is 180 Å². The Bertz CT molecular complexity index is 1180.